The Balaban J connectivity index is 2.10. The molecule has 0 bridgehead atoms. The van der Waals surface area contributed by atoms with Crippen LogP contribution >= 0.6 is 0 Å². The predicted octanol–water partition coefficient (Wildman–Crippen LogP) is 4.46. The van der Waals surface area contributed by atoms with Gasteiger partial charge in [-0.1, -0.05) is 43.0 Å². The van der Waals surface area contributed by atoms with Gasteiger partial charge in [0.05, 0.1) is 25.0 Å². The molecule has 2 aromatic heterocycles. The van der Waals surface area contributed by atoms with Crippen molar-refractivity contribution >= 4 is 24.2 Å². The minimum atomic E-state index is -1.28. The van der Waals surface area contributed by atoms with E-state index in [0.29, 0.717) is 0 Å². The molecular formula is C19H22N2Si. The van der Waals surface area contributed by atoms with Gasteiger partial charge in [-0.15, -0.1) is 0 Å². The van der Waals surface area contributed by atoms with E-state index in [0.717, 1.165) is 22.6 Å². The van der Waals surface area contributed by atoms with Crippen LogP contribution < -0.4 is 5.19 Å². The van der Waals surface area contributed by atoms with E-state index in [1.54, 1.807) is 0 Å². The van der Waals surface area contributed by atoms with Crippen molar-refractivity contribution in [2.45, 2.75) is 33.5 Å². The summed E-state index contributed by atoms with van der Waals surface area (Å²) < 4.78 is 0. The maximum Gasteiger partial charge on any atom is 0.0894 e. The van der Waals surface area contributed by atoms with Crippen LogP contribution in [0.15, 0.2) is 42.5 Å². The molecule has 0 radical (unpaired) electrons. The predicted molar refractivity (Wildman–Crippen MR) is 97.4 cm³/mol. The Morgan fingerprint density at radius 3 is 2.23 bits per heavy atom. The average molecular weight is 306 g/mol. The van der Waals surface area contributed by atoms with Gasteiger partial charge in [0.2, 0.25) is 0 Å². The number of aryl methyl sites for hydroxylation is 2. The standard InChI is InChI=1S/C19H22N2Si/c1-13-10-14(2)20-19(11-13)18-8-6-15-12-16(22(3,4)5)7-9-17(15)21-18/h6-12H,1-5H3. The van der Waals surface area contributed by atoms with Gasteiger partial charge < -0.3 is 0 Å². The highest BCUT2D eigenvalue weighted by Gasteiger charge is 2.16. The lowest BCUT2D eigenvalue weighted by Crippen LogP contribution is -2.37. The molecular weight excluding hydrogens is 284 g/mol. The number of rotatable bonds is 2. The SMILES string of the molecule is Cc1cc(C)nc(-c2ccc3cc([Si](C)(C)C)ccc3n2)c1. The molecule has 0 saturated carbocycles. The molecule has 1 aromatic carbocycles. The van der Waals surface area contributed by atoms with Gasteiger partial charge in [0.15, 0.2) is 0 Å². The van der Waals surface area contributed by atoms with Crippen LogP contribution in [0.25, 0.3) is 22.3 Å². The third kappa shape index (κ3) is 2.95. The van der Waals surface area contributed by atoms with Gasteiger partial charge in [-0.3, -0.25) is 4.98 Å². The van der Waals surface area contributed by atoms with Gasteiger partial charge in [0.25, 0.3) is 0 Å². The Morgan fingerprint density at radius 2 is 1.55 bits per heavy atom. The highest BCUT2D eigenvalue weighted by molar-refractivity contribution is 6.88. The largest absolute Gasteiger partial charge is 0.251 e. The molecule has 22 heavy (non-hydrogen) atoms. The van der Waals surface area contributed by atoms with E-state index in [9.17, 15) is 0 Å². The molecule has 0 N–H and O–H groups in total. The Kier molecular flexibility index (Phi) is 3.61. The van der Waals surface area contributed by atoms with Crippen molar-refractivity contribution in [3.05, 3.63) is 53.7 Å². The zero-order valence-electron chi connectivity index (χ0n) is 13.9. The van der Waals surface area contributed by atoms with Crippen molar-refractivity contribution in [2.75, 3.05) is 0 Å². The summed E-state index contributed by atoms with van der Waals surface area (Å²) in [5, 5.41) is 2.69. The van der Waals surface area contributed by atoms with Crippen LogP contribution in [0.1, 0.15) is 11.3 Å². The maximum absolute atomic E-state index is 4.80. The second kappa shape index (κ2) is 5.32. The molecule has 0 atom stereocenters. The van der Waals surface area contributed by atoms with Crippen LogP contribution in [0.3, 0.4) is 0 Å². The monoisotopic (exact) mass is 306 g/mol. The lowest BCUT2D eigenvalue weighted by atomic mass is 10.1. The normalized spacial score (nSPS) is 11.9. The minimum Gasteiger partial charge on any atom is -0.251 e. The molecule has 0 unspecified atom stereocenters. The van der Waals surface area contributed by atoms with Crippen LogP contribution in [-0.2, 0) is 0 Å². The molecule has 0 amide bonds. The number of aromatic nitrogens is 2. The first-order valence-electron chi connectivity index (χ1n) is 7.70. The van der Waals surface area contributed by atoms with E-state index >= 15 is 0 Å². The van der Waals surface area contributed by atoms with E-state index in [4.69, 9.17) is 4.98 Å². The summed E-state index contributed by atoms with van der Waals surface area (Å²) in [6, 6.07) is 15.1. The van der Waals surface area contributed by atoms with Crippen LogP contribution in [0.2, 0.25) is 19.6 Å². The van der Waals surface area contributed by atoms with Gasteiger partial charge in [-0.25, -0.2) is 4.98 Å². The lowest BCUT2D eigenvalue weighted by molar-refractivity contribution is 1.17. The summed E-state index contributed by atoms with van der Waals surface area (Å²) in [5.74, 6) is 0. The van der Waals surface area contributed by atoms with Crippen molar-refractivity contribution in [1.82, 2.24) is 9.97 Å². The molecule has 0 spiro atoms. The first kappa shape index (κ1) is 14.9. The number of nitrogens with zero attached hydrogens (tertiary/aromatic N) is 2. The van der Waals surface area contributed by atoms with E-state index in [-0.39, 0.29) is 0 Å². The van der Waals surface area contributed by atoms with Crippen molar-refractivity contribution in [2.24, 2.45) is 0 Å². The topological polar surface area (TPSA) is 25.8 Å². The van der Waals surface area contributed by atoms with E-state index in [2.05, 4.69) is 74.0 Å². The van der Waals surface area contributed by atoms with Crippen LogP contribution in [0, 0.1) is 13.8 Å². The molecule has 3 aromatic rings. The van der Waals surface area contributed by atoms with Gasteiger partial charge in [0.1, 0.15) is 0 Å². The molecule has 0 aliphatic heterocycles. The first-order valence-corrected chi connectivity index (χ1v) is 11.2. The molecule has 0 saturated heterocycles. The summed E-state index contributed by atoms with van der Waals surface area (Å²) in [6.07, 6.45) is 0. The molecule has 3 rings (SSSR count). The van der Waals surface area contributed by atoms with Gasteiger partial charge in [-0.05, 0) is 43.7 Å². The Labute approximate surface area is 133 Å². The van der Waals surface area contributed by atoms with E-state index < -0.39 is 8.07 Å². The van der Waals surface area contributed by atoms with Crippen LogP contribution in [0.4, 0.5) is 0 Å². The lowest BCUT2D eigenvalue weighted by Gasteiger charge is -2.17. The van der Waals surface area contributed by atoms with Crippen molar-refractivity contribution in [3.8, 4) is 11.4 Å². The maximum atomic E-state index is 4.80. The number of benzene rings is 1. The van der Waals surface area contributed by atoms with Crippen LogP contribution in [0.5, 0.6) is 0 Å². The second-order valence-corrected chi connectivity index (χ2v) is 12.1. The summed E-state index contributed by atoms with van der Waals surface area (Å²) in [5.41, 5.74) is 5.19. The molecule has 0 fully saturated rings. The fourth-order valence-electron chi connectivity index (χ4n) is 2.71. The Bertz CT molecular complexity index is 827. The number of pyridine rings is 2. The second-order valence-electron chi connectivity index (χ2n) is 7.03. The van der Waals surface area contributed by atoms with Crippen molar-refractivity contribution in [3.63, 3.8) is 0 Å². The van der Waals surface area contributed by atoms with E-state index in [1.165, 1.54) is 16.1 Å². The highest BCUT2D eigenvalue weighted by Crippen LogP contribution is 2.21. The molecule has 3 heteroatoms. The first-order chi connectivity index (χ1) is 10.3. The molecule has 0 aliphatic rings. The zero-order valence-corrected chi connectivity index (χ0v) is 14.9. The van der Waals surface area contributed by atoms with E-state index in [1.807, 2.05) is 6.92 Å². The van der Waals surface area contributed by atoms with Gasteiger partial charge >= 0.3 is 0 Å². The zero-order chi connectivity index (χ0) is 15.9. The highest BCUT2D eigenvalue weighted by atomic mass is 28.3. The molecule has 2 heterocycles. The smallest absolute Gasteiger partial charge is 0.0894 e. The molecule has 112 valence electrons. The number of fused-ring (bicyclic) bond motifs is 1. The van der Waals surface area contributed by atoms with Crippen molar-refractivity contribution in [1.29, 1.82) is 0 Å². The Hall–Kier alpha value is -2.00. The minimum absolute atomic E-state index is 0.944. The summed E-state index contributed by atoms with van der Waals surface area (Å²) in [6.45, 7) is 11.2. The summed E-state index contributed by atoms with van der Waals surface area (Å²) in [4.78, 5) is 9.42. The number of hydrogen-bond acceptors (Lipinski definition) is 2. The molecule has 2 nitrogen and oxygen atoms in total. The summed E-state index contributed by atoms with van der Waals surface area (Å²) in [7, 11) is -1.28. The average Bonchev–Trinajstić information content (AvgIpc) is 2.44. The third-order valence-electron chi connectivity index (χ3n) is 3.92. The fourth-order valence-corrected chi connectivity index (χ4v) is 3.88. The van der Waals surface area contributed by atoms with Crippen LogP contribution in [-0.4, -0.2) is 18.0 Å². The summed E-state index contributed by atoms with van der Waals surface area (Å²) >= 11 is 0. The quantitative estimate of drug-likeness (QED) is 0.653. The Morgan fingerprint density at radius 1 is 0.773 bits per heavy atom. The van der Waals surface area contributed by atoms with Gasteiger partial charge in [0, 0.05) is 11.1 Å². The third-order valence-corrected chi connectivity index (χ3v) is 5.96. The fraction of sp³-hybridized carbons (Fsp3) is 0.263. The number of hydrogen-bond donors (Lipinski definition) is 0. The molecule has 0 aliphatic carbocycles. The van der Waals surface area contributed by atoms with Gasteiger partial charge in [-0.2, -0.15) is 0 Å². The van der Waals surface area contributed by atoms with Crippen molar-refractivity contribution < 1.29 is 0 Å².